The van der Waals surface area contributed by atoms with E-state index in [9.17, 15) is 9.59 Å². The number of piperidine rings is 1. The number of halogens is 1. The van der Waals surface area contributed by atoms with Crippen LogP contribution in [0.25, 0.3) is 10.9 Å². The highest BCUT2D eigenvalue weighted by atomic mass is 35.5. The average Bonchev–Trinajstić information content (AvgIpc) is 2.55. The number of carbonyl (C=O) groups excluding carboxylic acids is 2. The molecule has 3 heterocycles. The second-order valence-corrected chi connectivity index (χ2v) is 5.80. The molecule has 7 nitrogen and oxygen atoms in total. The van der Waals surface area contributed by atoms with E-state index in [-0.39, 0.29) is 17.1 Å². The Bertz CT molecular complexity index is 759. The zero-order valence-electron chi connectivity index (χ0n) is 12.3. The zero-order valence-corrected chi connectivity index (χ0v) is 13.1. The number of nitrogens with two attached hydrogens (primary N) is 1. The zero-order chi connectivity index (χ0) is 16.4. The lowest BCUT2D eigenvalue weighted by Gasteiger charge is -2.31. The molecule has 0 bridgehead atoms. The van der Waals surface area contributed by atoms with E-state index in [1.807, 2.05) is 0 Å². The number of hydrogen-bond donors (Lipinski definition) is 2. The van der Waals surface area contributed by atoms with E-state index in [1.165, 1.54) is 0 Å². The summed E-state index contributed by atoms with van der Waals surface area (Å²) in [4.78, 5) is 33.3. The van der Waals surface area contributed by atoms with E-state index in [0.717, 1.165) is 5.39 Å². The van der Waals surface area contributed by atoms with Gasteiger partial charge in [-0.2, -0.15) is 0 Å². The fourth-order valence-electron chi connectivity index (χ4n) is 2.64. The molecule has 1 fully saturated rings. The maximum Gasteiger partial charge on any atom is 0.314 e. The minimum Gasteiger partial charge on any atom is -0.351 e. The monoisotopic (exact) mass is 333 g/mol. The molecule has 0 aliphatic carbocycles. The highest BCUT2D eigenvalue weighted by molar-refractivity contribution is 6.33. The van der Waals surface area contributed by atoms with Crippen LogP contribution >= 0.6 is 11.6 Å². The van der Waals surface area contributed by atoms with Crippen LogP contribution < -0.4 is 11.1 Å². The Balaban J connectivity index is 1.69. The Kier molecular flexibility index (Phi) is 4.29. The van der Waals surface area contributed by atoms with Crippen molar-refractivity contribution in [2.45, 2.75) is 18.9 Å². The summed E-state index contributed by atoms with van der Waals surface area (Å²) in [5.74, 6) is -0.260. The number of likely N-dealkylation sites (tertiary alicyclic amines) is 1. The van der Waals surface area contributed by atoms with Crippen LogP contribution in [0.4, 0.5) is 4.79 Å². The van der Waals surface area contributed by atoms with Gasteiger partial charge in [0.05, 0.1) is 0 Å². The number of rotatable bonds is 2. The molecule has 0 saturated carbocycles. The molecule has 3 N–H and O–H groups in total. The third-order valence-corrected chi connectivity index (χ3v) is 4.21. The first-order valence-electron chi connectivity index (χ1n) is 7.31. The number of fused-ring (bicyclic) bond motifs is 1. The molecule has 120 valence electrons. The molecule has 23 heavy (non-hydrogen) atoms. The number of amides is 3. The quantitative estimate of drug-likeness (QED) is 0.814. The van der Waals surface area contributed by atoms with Gasteiger partial charge in [-0.1, -0.05) is 17.7 Å². The normalized spacial score (nSPS) is 15.6. The molecule has 3 amide bonds. The van der Waals surface area contributed by atoms with E-state index in [1.54, 1.807) is 29.3 Å². The summed E-state index contributed by atoms with van der Waals surface area (Å²) < 4.78 is 0. The number of primary amides is 1. The minimum absolute atomic E-state index is 0.0000303. The number of hydrogen-bond acceptors (Lipinski definition) is 4. The van der Waals surface area contributed by atoms with E-state index in [2.05, 4.69) is 15.3 Å². The molecule has 3 rings (SSSR count). The number of nitrogens with zero attached hydrogens (tertiary/aromatic N) is 3. The van der Waals surface area contributed by atoms with E-state index in [4.69, 9.17) is 17.3 Å². The Hall–Kier alpha value is -2.41. The Morgan fingerprint density at radius 1 is 1.26 bits per heavy atom. The van der Waals surface area contributed by atoms with Gasteiger partial charge in [-0.15, -0.1) is 0 Å². The summed E-state index contributed by atoms with van der Waals surface area (Å²) in [7, 11) is 0. The molecule has 0 spiro atoms. The van der Waals surface area contributed by atoms with Crippen molar-refractivity contribution in [1.82, 2.24) is 20.2 Å². The molecule has 2 aromatic rings. The van der Waals surface area contributed by atoms with E-state index in [0.29, 0.717) is 37.1 Å². The van der Waals surface area contributed by atoms with Crippen molar-refractivity contribution in [2.24, 2.45) is 5.73 Å². The summed E-state index contributed by atoms with van der Waals surface area (Å²) >= 11 is 6.02. The summed E-state index contributed by atoms with van der Waals surface area (Å²) in [6.45, 7) is 1.09. The van der Waals surface area contributed by atoms with Crippen LogP contribution in [0.5, 0.6) is 0 Å². The number of carbonyl (C=O) groups is 2. The number of nitrogens with one attached hydrogen (secondary N) is 1. The van der Waals surface area contributed by atoms with Gasteiger partial charge < -0.3 is 16.0 Å². The third-order valence-electron chi connectivity index (χ3n) is 3.94. The SMILES string of the molecule is NC(=O)N1CCC(NC(=O)c2ccc3ccnc(Cl)c3n2)CC1. The molecule has 2 aromatic heterocycles. The van der Waals surface area contributed by atoms with Crippen LogP contribution in [0.1, 0.15) is 23.3 Å². The fraction of sp³-hybridized carbons (Fsp3) is 0.333. The lowest BCUT2D eigenvalue weighted by Crippen LogP contribution is -2.48. The van der Waals surface area contributed by atoms with Gasteiger partial charge in [0.2, 0.25) is 0 Å². The van der Waals surface area contributed by atoms with Crippen LogP contribution in [0.15, 0.2) is 24.4 Å². The van der Waals surface area contributed by atoms with Gasteiger partial charge in [-0.25, -0.2) is 14.8 Å². The summed E-state index contributed by atoms with van der Waals surface area (Å²) in [6, 6.07) is 4.82. The first-order chi connectivity index (χ1) is 11.0. The van der Waals surface area contributed by atoms with Crippen molar-refractivity contribution in [3.63, 3.8) is 0 Å². The summed E-state index contributed by atoms with van der Waals surface area (Å²) in [5.41, 5.74) is 6.04. The van der Waals surface area contributed by atoms with Gasteiger partial charge in [-0.05, 0) is 25.0 Å². The molecule has 0 atom stereocenters. The van der Waals surface area contributed by atoms with Gasteiger partial charge in [0, 0.05) is 30.7 Å². The highest BCUT2D eigenvalue weighted by Gasteiger charge is 2.23. The summed E-state index contributed by atoms with van der Waals surface area (Å²) in [6.07, 6.45) is 2.94. The first kappa shape index (κ1) is 15.5. The Labute approximate surface area is 137 Å². The van der Waals surface area contributed by atoms with Gasteiger partial charge in [0.1, 0.15) is 11.2 Å². The van der Waals surface area contributed by atoms with Gasteiger partial charge in [0.25, 0.3) is 5.91 Å². The maximum absolute atomic E-state index is 12.3. The van der Waals surface area contributed by atoms with Crippen LogP contribution in [0.3, 0.4) is 0 Å². The van der Waals surface area contributed by atoms with Gasteiger partial charge >= 0.3 is 6.03 Å². The topological polar surface area (TPSA) is 101 Å². The van der Waals surface area contributed by atoms with Crippen molar-refractivity contribution in [3.05, 3.63) is 35.2 Å². The average molecular weight is 334 g/mol. The fourth-order valence-corrected chi connectivity index (χ4v) is 2.85. The van der Waals surface area contributed by atoms with Gasteiger partial charge in [-0.3, -0.25) is 4.79 Å². The van der Waals surface area contributed by atoms with Crippen LogP contribution in [-0.4, -0.2) is 45.9 Å². The molecule has 1 saturated heterocycles. The molecule has 0 radical (unpaired) electrons. The van der Waals surface area contributed by atoms with E-state index < -0.39 is 6.03 Å². The van der Waals surface area contributed by atoms with Crippen molar-refractivity contribution in [1.29, 1.82) is 0 Å². The second kappa shape index (κ2) is 6.37. The van der Waals surface area contributed by atoms with Gasteiger partial charge in [0.15, 0.2) is 5.15 Å². The molecule has 0 unspecified atom stereocenters. The second-order valence-electron chi connectivity index (χ2n) is 5.44. The van der Waals surface area contributed by atoms with Crippen LogP contribution in [0.2, 0.25) is 5.15 Å². The number of urea groups is 1. The minimum atomic E-state index is -0.423. The molecule has 1 aliphatic heterocycles. The molecule has 8 heteroatoms. The van der Waals surface area contributed by atoms with Crippen molar-refractivity contribution >= 4 is 34.4 Å². The highest BCUT2D eigenvalue weighted by Crippen LogP contribution is 2.19. The third kappa shape index (κ3) is 3.34. The van der Waals surface area contributed by atoms with Crippen LogP contribution in [0, 0.1) is 0 Å². The molecule has 1 aliphatic rings. The van der Waals surface area contributed by atoms with Crippen molar-refractivity contribution in [3.8, 4) is 0 Å². The maximum atomic E-state index is 12.3. The Morgan fingerprint density at radius 3 is 2.70 bits per heavy atom. The number of pyridine rings is 2. The Morgan fingerprint density at radius 2 is 2.00 bits per heavy atom. The molecule has 0 aromatic carbocycles. The van der Waals surface area contributed by atoms with E-state index >= 15 is 0 Å². The molecular weight excluding hydrogens is 318 g/mol. The largest absolute Gasteiger partial charge is 0.351 e. The smallest absolute Gasteiger partial charge is 0.314 e. The number of aromatic nitrogens is 2. The van der Waals surface area contributed by atoms with Crippen molar-refractivity contribution in [2.75, 3.05) is 13.1 Å². The summed E-state index contributed by atoms with van der Waals surface area (Å²) in [5, 5.41) is 4.04. The predicted octanol–water partition coefficient (Wildman–Crippen LogP) is 1.56. The predicted molar refractivity (Wildman–Crippen MR) is 86.2 cm³/mol. The van der Waals surface area contributed by atoms with Crippen LogP contribution in [-0.2, 0) is 0 Å². The molecular formula is C15H16ClN5O2. The lowest BCUT2D eigenvalue weighted by atomic mass is 10.1. The van der Waals surface area contributed by atoms with Crippen molar-refractivity contribution < 1.29 is 9.59 Å². The first-order valence-corrected chi connectivity index (χ1v) is 7.69. The lowest BCUT2D eigenvalue weighted by molar-refractivity contribution is 0.0914. The standard InChI is InChI=1S/C15H16ClN5O2/c16-13-12-9(3-6-18-13)1-2-11(20-12)14(22)19-10-4-7-21(8-5-10)15(17)23/h1-3,6,10H,4-5,7-8H2,(H2,17,23)(H,19,22).